The summed E-state index contributed by atoms with van der Waals surface area (Å²) < 4.78 is 0. The molecule has 1 saturated heterocycles. The minimum absolute atomic E-state index is 0.492. The van der Waals surface area contributed by atoms with Crippen LogP contribution in [0.15, 0.2) is 0 Å². The maximum absolute atomic E-state index is 9.67. The van der Waals surface area contributed by atoms with Gasteiger partial charge in [-0.3, -0.25) is 9.68 Å². The first-order chi connectivity index (χ1) is 6.45. The van der Waals surface area contributed by atoms with Crippen molar-refractivity contribution < 1.29 is 30.1 Å². The molecule has 1 aliphatic rings. The summed E-state index contributed by atoms with van der Waals surface area (Å²) in [6.07, 6.45) is -3.89. The van der Waals surface area contributed by atoms with Gasteiger partial charge in [0.2, 0.25) is 0 Å². The molecule has 1 heterocycles. The van der Waals surface area contributed by atoms with Crippen molar-refractivity contribution in [2.45, 2.75) is 31.0 Å². The van der Waals surface area contributed by atoms with Gasteiger partial charge in [0.1, 0.15) is 18.3 Å². The molecule has 0 aromatic carbocycles. The Morgan fingerprint density at radius 3 is 2.50 bits per heavy atom. The summed E-state index contributed by atoms with van der Waals surface area (Å²) >= 11 is 0. The van der Waals surface area contributed by atoms with Crippen molar-refractivity contribution in [1.82, 2.24) is 5.23 Å². The minimum Gasteiger partial charge on any atom is -0.393 e. The molecule has 3 unspecified atom stereocenters. The molecule has 1 rings (SSSR count). The van der Waals surface area contributed by atoms with Gasteiger partial charge in [-0.05, 0) is 12.2 Å². The van der Waals surface area contributed by atoms with Crippen molar-refractivity contribution in [2.24, 2.45) is 0 Å². The maximum atomic E-state index is 9.67. The van der Waals surface area contributed by atoms with Crippen molar-refractivity contribution in [3.05, 3.63) is 0 Å². The molecule has 0 saturated carbocycles. The molecule has 7 nitrogen and oxygen atoms in total. The Morgan fingerprint density at radius 2 is 2.07 bits per heavy atom. The van der Waals surface area contributed by atoms with E-state index in [9.17, 15) is 15.3 Å². The van der Waals surface area contributed by atoms with Crippen LogP contribution < -0.4 is 0 Å². The Labute approximate surface area is 81.0 Å². The number of hydrogen-bond donors (Lipinski definition) is 4. The summed E-state index contributed by atoms with van der Waals surface area (Å²) in [6, 6.07) is 0. The fourth-order valence-electron chi connectivity index (χ4n) is 1.30. The molecule has 0 amide bonds. The Kier molecular flexibility index (Phi) is 3.43. The van der Waals surface area contributed by atoms with E-state index < -0.39 is 30.6 Å². The summed E-state index contributed by atoms with van der Waals surface area (Å²) in [5.41, 5.74) is -1.86. The Hall–Kier alpha value is -0.280. The number of rotatable bonds is 2. The first-order valence-corrected chi connectivity index (χ1v) is 4.15. The molecule has 1 fully saturated rings. The number of aliphatic hydroxyl groups is 4. The Morgan fingerprint density at radius 1 is 1.50 bits per heavy atom. The van der Waals surface area contributed by atoms with Crippen LogP contribution in [0.3, 0.4) is 0 Å². The van der Waals surface area contributed by atoms with Crippen LogP contribution in [0.2, 0.25) is 0 Å². The molecular weight excluding hydrogens is 194 g/mol. The lowest BCUT2D eigenvalue weighted by molar-refractivity contribution is -0.501. The van der Waals surface area contributed by atoms with Gasteiger partial charge in [-0.1, -0.05) is 0 Å². The van der Waals surface area contributed by atoms with Gasteiger partial charge in [0.15, 0.2) is 5.72 Å². The summed E-state index contributed by atoms with van der Waals surface area (Å²) in [5, 5.41) is 38.0. The highest BCUT2D eigenvalue weighted by Crippen LogP contribution is 2.28. The van der Waals surface area contributed by atoms with Crippen LogP contribution in [0.4, 0.5) is 0 Å². The lowest BCUT2D eigenvalue weighted by atomic mass is 9.98. The molecule has 0 aromatic heterocycles. The van der Waals surface area contributed by atoms with E-state index in [2.05, 4.69) is 4.84 Å². The normalized spacial score (nSPS) is 45.4. The van der Waals surface area contributed by atoms with E-state index in [-0.39, 0.29) is 0 Å². The first-order valence-electron chi connectivity index (χ1n) is 4.15. The molecule has 0 radical (unpaired) electrons. The zero-order chi connectivity index (χ0) is 10.9. The third-order valence-corrected chi connectivity index (χ3v) is 2.21. The average Bonchev–Trinajstić information content (AvgIpc) is 2.15. The molecule has 0 aliphatic carbocycles. The molecule has 4 N–H and O–H groups in total. The van der Waals surface area contributed by atoms with E-state index in [0.717, 1.165) is 0 Å². The Bertz CT molecular complexity index is 195. The van der Waals surface area contributed by atoms with E-state index in [0.29, 0.717) is 5.23 Å². The van der Waals surface area contributed by atoms with Crippen LogP contribution in [0.25, 0.3) is 0 Å². The summed E-state index contributed by atoms with van der Waals surface area (Å²) in [5.74, 6) is 0. The number of aliphatic hydroxyl groups excluding tert-OH is 3. The lowest BCUT2D eigenvalue weighted by Gasteiger charge is -2.45. The molecule has 1 aliphatic heterocycles. The van der Waals surface area contributed by atoms with Crippen molar-refractivity contribution in [2.75, 3.05) is 13.7 Å². The van der Waals surface area contributed by atoms with Crippen molar-refractivity contribution >= 4 is 0 Å². The number of hydroxylamine groups is 2. The highest BCUT2D eigenvalue weighted by atomic mass is 17.0. The Balaban J connectivity index is 2.83. The second-order valence-electron chi connectivity index (χ2n) is 3.30. The third kappa shape index (κ3) is 1.75. The van der Waals surface area contributed by atoms with Gasteiger partial charge in [0.05, 0.1) is 13.7 Å². The predicted octanol–water partition coefficient (Wildman–Crippen LogP) is -2.41. The molecule has 0 aromatic rings. The maximum Gasteiger partial charge on any atom is 0.193 e. The molecule has 0 bridgehead atoms. The smallest absolute Gasteiger partial charge is 0.193 e. The van der Waals surface area contributed by atoms with Crippen LogP contribution in [0.1, 0.15) is 6.92 Å². The highest BCUT2D eigenvalue weighted by Gasteiger charge is 2.51. The van der Waals surface area contributed by atoms with E-state index in [1.54, 1.807) is 0 Å². The first kappa shape index (κ1) is 11.8. The summed E-state index contributed by atoms with van der Waals surface area (Å²) in [7, 11) is 1.23. The highest BCUT2D eigenvalue weighted by molar-refractivity contribution is 4.90. The fourth-order valence-corrected chi connectivity index (χ4v) is 1.30. The van der Waals surface area contributed by atoms with Crippen molar-refractivity contribution in [1.29, 1.82) is 0 Å². The second kappa shape index (κ2) is 4.07. The minimum atomic E-state index is -1.86. The zero-order valence-corrected chi connectivity index (χ0v) is 7.99. The van der Waals surface area contributed by atoms with Crippen molar-refractivity contribution in [3.63, 3.8) is 0 Å². The van der Waals surface area contributed by atoms with Crippen molar-refractivity contribution in [3.8, 4) is 0 Å². The SMILES string of the molecule is CON1OC(CO)[C@@H](O)C(O)C1(C)O. The van der Waals surface area contributed by atoms with Crippen LogP contribution in [0, 0.1) is 0 Å². The van der Waals surface area contributed by atoms with E-state index in [1.165, 1.54) is 14.0 Å². The van der Waals surface area contributed by atoms with E-state index in [4.69, 9.17) is 9.94 Å². The second-order valence-corrected chi connectivity index (χ2v) is 3.30. The van der Waals surface area contributed by atoms with Gasteiger partial charge in [-0.2, -0.15) is 0 Å². The monoisotopic (exact) mass is 209 g/mol. The molecule has 0 spiro atoms. The van der Waals surface area contributed by atoms with Crippen LogP contribution in [-0.2, 0) is 9.68 Å². The molecule has 14 heavy (non-hydrogen) atoms. The predicted molar refractivity (Wildman–Crippen MR) is 43.4 cm³/mol. The molecule has 7 heteroatoms. The van der Waals surface area contributed by atoms with Gasteiger partial charge in [0, 0.05) is 0 Å². The fraction of sp³-hybridized carbons (Fsp3) is 1.00. The summed E-state index contributed by atoms with van der Waals surface area (Å²) in [6.45, 7) is 0.728. The quantitative estimate of drug-likeness (QED) is 0.401. The van der Waals surface area contributed by atoms with Crippen LogP contribution in [0.5, 0.6) is 0 Å². The van der Waals surface area contributed by atoms with Gasteiger partial charge in [-0.25, -0.2) is 0 Å². The largest absolute Gasteiger partial charge is 0.393 e. The van der Waals surface area contributed by atoms with Crippen LogP contribution in [-0.4, -0.2) is 63.4 Å². The summed E-state index contributed by atoms with van der Waals surface area (Å²) in [4.78, 5) is 9.52. The lowest BCUT2D eigenvalue weighted by Crippen LogP contribution is -2.67. The standard InChI is InChI=1S/C7H15NO6/c1-7(12)6(11)5(10)4(3-9)14-8(7)13-2/h4-6,9-12H,3H2,1-2H3/t4?,5-,6?,7?/m1/s1. The third-order valence-electron chi connectivity index (χ3n) is 2.21. The van der Waals surface area contributed by atoms with E-state index in [1.807, 2.05) is 0 Å². The topological polar surface area (TPSA) is 103 Å². The molecular formula is C7H15NO6. The van der Waals surface area contributed by atoms with Gasteiger partial charge < -0.3 is 20.4 Å². The average molecular weight is 209 g/mol. The van der Waals surface area contributed by atoms with Gasteiger partial charge >= 0.3 is 0 Å². The van der Waals surface area contributed by atoms with Gasteiger partial charge in [-0.15, -0.1) is 0 Å². The van der Waals surface area contributed by atoms with Gasteiger partial charge in [0.25, 0.3) is 0 Å². The number of hydrogen-bond acceptors (Lipinski definition) is 7. The number of nitrogens with zero attached hydrogens (tertiary/aromatic N) is 1. The zero-order valence-electron chi connectivity index (χ0n) is 7.99. The van der Waals surface area contributed by atoms with Crippen LogP contribution >= 0.6 is 0 Å². The van der Waals surface area contributed by atoms with E-state index >= 15 is 0 Å². The molecule has 4 atom stereocenters. The molecule has 84 valence electrons.